The van der Waals surface area contributed by atoms with Crippen molar-refractivity contribution in [1.82, 2.24) is 0 Å². The number of carbonyl (C=O) groups excluding carboxylic acids is 1. The quantitative estimate of drug-likeness (QED) is 0.818. The summed E-state index contributed by atoms with van der Waals surface area (Å²) in [6.45, 7) is 0. The zero-order valence-corrected chi connectivity index (χ0v) is 10.0. The first-order valence-corrected chi connectivity index (χ1v) is 5.56. The lowest BCUT2D eigenvalue weighted by atomic mass is 10.2. The van der Waals surface area contributed by atoms with E-state index in [1.165, 1.54) is 12.1 Å². The van der Waals surface area contributed by atoms with Gasteiger partial charge in [-0.15, -0.1) is 0 Å². The SMILES string of the molecule is Nc1cccc(NC(=O)c2ccc(F)c(Cl)c2)c1. The molecule has 0 heterocycles. The van der Waals surface area contributed by atoms with Crippen LogP contribution in [0.3, 0.4) is 0 Å². The first-order chi connectivity index (χ1) is 8.56. The van der Waals surface area contributed by atoms with E-state index in [1.807, 2.05) is 0 Å². The Balaban J connectivity index is 2.19. The third-order valence-corrected chi connectivity index (χ3v) is 2.62. The molecule has 0 bridgehead atoms. The summed E-state index contributed by atoms with van der Waals surface area (Å²) in [6.07, 6.45) is 0. The Labute approximate surface area is 108 Å². The van der Waals surface area contributed by atoms with Gasteiger partial charge in [-0.25, -0.2) is 4.39 Å². The van der Waals surface area contributed by atoms with E-state index >= 15 is 0 Å². The van der Waals surface area contributed by atoms with Gasteiger partial charge in [0.1, 0.15) is 5.82 Å². The molecule has 0 saturated carbocycles. The maximum Gasteiger partial charge on any atom is 0.255 e. The molecule has 18 heavy (non-hydrogen) atoms. The topological polar surface area (TPSA) is 55.1 Å². The van der Waals surface area contributed by atoms with Gasteiger partial charge >= 0.3 is 0 Å². The molecule has 0 saturated heterocycles. The zero-order chi connectivity index (χ0) is 13.1. The zero-order valence-electron chi connectivity index (χ0n) is 9.28. The van der Waals surface area contributed by atoms with Crippen molar-refractivity contribution in [3.63, 3.8) is 0 Å². The average molecular weight is 265 g/mol. The van der Waals surface area contributed by atoms with Crippen molar-refractivity contribution in [2.45, 2.75) is 0 Å². The van der Waals surface area contributed by atoms with Crippen molar-refractivity contribution in [1.29, 1.82) is 0 Å². The molecule has 2 aromatic carbocycles. The summed E-state index contributed by atoms with van der Waals surface area (Å²) >= 11 is 5.61. The Hall–Kier alpha value is -2.07. The van der Waals surface area contributed by atoms with Crippen molar-refractivity contribution >= 4 is 28.9 Å². The molecule has 1 amide bonds. The van der Waals surface area contributed by atoms with Crippen molar-refractivity contribution in [3.8, 4) is 0 Å². The van der Waals surface area contributed by atoms with Gasteiger partial charge in [0.05, 0.1) is 5.02 Å². The minimum atomic E-state index is -0.558. The summed E-state index contributed by atoms with van der Waals surface area (Å²) < 4.78 is 13.0. The normalized spacial score (nSPS) is 10.1. The van der Waals surface area contributed by atoms with Gasteiger partial charge in [-0.2, -0.15) is 0 Å². The first kappa shape index (κ1) is 12.4. The van der Waals surface area contributed by atoms with Gasteiger partial charge in [0, 0.05) is 16.9 Å². The molecule has 2 aromatic rings. The molecule has 0 aliphatic heterocycles. The van der Waals surface area contributed by atoms with E-state index < -0.39 is 5.82 Å². The third kappa shape index (κ3) is 2.78. The van der Waals surface area contributed by atoms with Crippen LogP contribution in [0.5, 0.6) is 0 Å². The molecule has 3 N–H and O–H groups in total. The maximum atomic E-state index is 13.0. The van der Waals surface area contributed by atoms with E-state index in [0.29, 0.717) is 11.4 Å². The van der Waals surface area contributed by atoms with Gasteiger partial charge in [-0.05, 0) is 36.4 Å². The second-order valence-corrected chi connectivity index (χ2v) is 4.12. The number of hydrogen-bond donors (Lipinski definition) is 2. The van der Waals surface area contributed by atoms with Crippen LogP contribution in [0, 0.1) is 5.82 Å². The molecule has 0 atom stereocenters. The lowest BCUT2D eigenvalue weighted by Crippen LogP contribution is -2.12. The van der Waals surface area contributed by atoms with Crippen molar-refractivity contribution in [2.24, 2.45) is 0 Å². The molecule has 0 aliphatic rings. The van der Waals surface area contributed by atoms with Crippen LogP contribution in [0.2, 0.25) is 5.02 Å². The molecule has 0 aliphatic carbocycles. The third-order valence-electron chi connectivity index (χ3n) is 2.33. The molecule has 0 unspecified atom stereocenters. The smallest absolute Gasteiger partial charge is 0.255 e. The van der Waals surface area contributed by atoms with Crippen LogP contribution < -0.4 is 11.1 Å². The summed E-state index contributed by atoms with van der Waals surface area (Å²) in [5.74, 6) is -0.931. The van der Waals surface area contributed by atoms with Crippen LogP contribution in [-0.4, -0.2) is 5.91 Å². The van der Waals surface area contributed by atoms with E-state index in [-0.39, 0.29) is 16.5 Å². The van der Waals surface area contributed by atoms with Crippen LogP contribution in [0.25, 0.3) is 0 Å². The number of benzene rings is 2. The monoisotopic (exact) mass is 264 g/mol. The Kier molecular flexibility index (Phi) is 3.48. The van der Waals surface area contributed by atoms with E-state index in [2.05, 4.69) is 5.32 Å². The molecular weight excluding hydrogens is 255 g/mol. The van der Waals surface area contributed by atoms with Crippen molar-refractivity contribution in [3.05, 3.63) is 58.9 Å². The van der Waals surface area contributed by atoms with Crippen molar-refractivity contribution < 1.29 is 9.18 Å². The number of nitrogens with two attached hydrogens (primary N) is 1. The van der Waals surface area contributed by atoms with Crippen LogP contribution >= 0.6 is 11.6 Å². The van der Waals surface area contributed by atoms with E-state index in [1.54, 1.807) is 24.3 Å². The fourth-order valence-corrected chi connectivity index (χ4v) is 1.64. The highest BCUT2D eigenvalue weighted by Crippen LogP contribution is 2.18. The summed E-state index contributed by atoms with van der Waals surface area (Å²) in [7, 11) is 0. The van der Waals surface area contributed by atoms with Gasteiger partial charge < -0.3 is 11.1 Å². The minimum absolute atomic E-state index is 0.0878. The molecule has 5 heteroatoms. The number of nitrogen functional groups attached to an aromatic ring is 1. The molecule has 92 valence electrons. The summed E-state index contributed by atoms with van der Waals surface area (Å²) in [6, 6.07) is 10.6. The number of anilines is 2. The summed E-state index contributed by atoms with van der Waals surface area (Å²) in [4.78, 5) is 11.9. The van der Waals surface area contributed by atoms with Gasteiger partial charge in [0.25, 0.3) is 5.91 Å². The van der Waals surface area contributed by atoms with Crippen LogP contribution in [0.15, 0.2) is 42.5 Å². The number of carbonyl (C=O) groups is 1. The van der Waals surface area contributed by atoms with E-state index in [0.717, 1.165) is 6.07 Å². The number of amides is 1. The highest BCUT2D eigenvalue weighted by atomic mass is 35.5. The standard InChI is InChI=1S/C13H10ClFN2O/c14-11-6-8(4-5-12(11)15)13(18)17-10-3-1-2-9(16)7-10/h1-7H,16H2,(H,17,18). The highest BCUT2D eigenvalue weighted by Gasteiger charge is 2.09. The van der Waals surface area contributed by atoms with E-state index in [9.17, 15) is 9.18 Å². The van der Waals surface area contributed by atoms with Crippen LogP contribution in [0.4, 0.5) is 15.8 Å². The molecule has 0 fully saturated rings. The van der Waals surface area contributed by atoms with Crippen molar-refractivity contribution in [2.75, 3.05) is 11.1 Å². The number of nitrogens with one attached hydrogen (secondary N) is 1. The Morgan fingerprint density at radius 1 is 1.22 bits per heavy atom. The summed E-state index contributed by atoms with van der Waals surface area (Å²) in [5, 5.41) is 2.56. The first-order valence-electron chi connectivity index (χ1n) is 5.18. The van der Waals surface area contributed by atoms with Crippen LogP contribution in [0.1, 0.15) is 10.4 Å². The molecular formula is C13H10ClFN2O. The fourth-order valence-electron chi connectivity index (χ4n) is 1.46. The molecule has 3 nitrogen and oxygen atoms in total. The Bertz CT molecular complexity index is 601. The number of hydrogen-bond acceptors (Lipinski definition) is 2. The molecule has 0 aromatic heterocycles. The van der Waals surface area contributed by atoms with Gasteiger partial charge in [0.15, 0.2) is 0 Å². The number of rotatable bonds is 2. The Morgan fingerprint density at radius 2 is 2.00 bits per heavy atom. The van der Waals surface area contributed by atoms with Gasteiger partial charge in [-0.1, -0.05) is 17.7 Å². The molecule has 0 radical (unpaired) electrons. The largest absolute Gasteiger partial charge is 0.399 e. The Morgan fingerprint density at radius 3 is 2.67 bits per heavy atom. The lowest BCUT2D eigenvalue weighted by molar-refractivity contribution is 0.102. The number of halogens is 2. The van der Waals surface area contributed by atoms with E-state index in [4.69, 9.17) is 17.3 Å². The summed E-state index contributed by atoms with van der Waals surface area (Å²) in [5.41, 5.74) is 6.99. The second-order valence-electron chi connectivity index (χ2n) is 3.71. The average Bonchev–Trinajstić information content (AvgIpc) is 2.32. The fraction of sp³-hybridized carbons (Fsp3) is 0. The maximum absolute atomic E-state index is 13.0. The molecule has 0 spiro atoms. The highest BCUT2D eigenvalue weighted by molar-refractivity contribution is 6.31. The van der Waals surface area contributed by atoms with Crippen LogP contribution in [-0.2, 0) is 0 Å². The predicted molar refractivity (Wildman–Crippen MR) is 70.2 cm³/mol. The lowest BCUT2D eigenvalue weighted by Gasteiger charge is -2.06. The predicted octanol–water partition coefficient (Wildman–Crippen LogP) is 3.31. The second kappa shape index (κ2) is 5.06. The molecule has 2 rings (SSSR count). The minimum Gasteiger partial charge on any atom is -0.399 e. The van der Waals surface area contributed by atoms with Gasteiger partial charge in [-0.3, -0.25) is 4.79 Å². The van der Waals surface area contributed by atoms with Gasteiger partial charge in [0.2, 0.25) is 0 Å².